The van der Waals surface area contributed by atoms with Gasteiger partial charge in [0.1, 0.15) is 5.75 Å². The van der Waals surface area contributed by atoms with Crippen molar-refractivity contribution in [1.29, 1.82) is 0 Å². The van der Waals surface area contributed by atoms with Crippen LogP contribution >= 0.6 is 11.6 Å². The molecule has 6 heteroatoms. The number of nitrogens with zero attached hydrogens (tertiary/aromatic N) is 1. The maximum Gasteiger partial charge on any atom is 0.328 e. The van der Waals surface area contributed by atoms with E-state index in [0.29, 0.717) is 10.9 Å². The monoisotopic (exact) mass is 529 g/mol. The highest BCUT2D eigenvalue weighted by Gasteiger charge is 2.28. The molecule has 3 aromatic rings. The summed E-state index contributed by atoms with van der Waals surface area (Å²) in [5.74, 6) is 0.176. The lowest BCUT2D eigenvalue weighted by molar-refractivity contribution is -0.131. The van der Waals surface area contributed by atoms with Gasteiger partial charge in [-0.05, 0) is 88.6 Å². The number of anilines is 1. The fraction of sp³-hybridized carbons (Fsp3) is 0.281. The van der Waals surface area contributed by atoms with Crippen LogP contribution in [-0.2, 0) is 9.53 Å². The molecule has 1 N–H and O–H groups in total. The number of hydrogen-bond donors (Lipinski definition) is 1. The van der Waals surface area contributed by atoms with Crippen LogP contribution < -0.4 is 9.64 Å². The van der Waals surface area contributed by atoms with Crippen LogP contribution in [0.2, 0.25) is 5.02 Å². The van der Waals surface area contributed by atoms with Crippen LogP contribution in [0.4, 0.5) is 5.69 Å². The van der Waals surface area contributed by atoms with Gasteiger partial charge in [-0.15, -0.1) is 0 Å². The lowest BCUT2D eigenvalue weighted by Gasteiger charge is -2.32. The van der Waals surface area contributed by atoms with E-state index in [1.165, 1.54) is 17.7 Å². The van der Waals surface area contributed by atoms with Gasteiger partial charge in [-0.1, -0.05) is 54.4 Å². The van der Waals surface area contributed by atoms with Crippen molar-refractivity contribution in [2.45, 2.75) is 19.3 Å². The van der Waals surface area contributed by atoms with Gasteiger partial charge in [0.2, 0.25) is 0 Å². The molecule has 1 saturated carbocycles. The number of carboxylic acids is 1. The van der Waals surface area contributed by atoms with Crippen LogP contribution in [0.3, 0.4) is 0 Å². The van der Waals surface area contributed by atoms with Gasteiger partial charge in [-0.2, -0.15) is 0 Å². The molecular formula is C32H32ClNO4. The molecule has 196 valence electrons. The van der Waals surface area contributed by atoms with Gasteiger partial charge < -0.3 is 19.5 Å². The second kappa shape index (κ2) is 11.9. The molecule has 1 aliphatic carbocycles. The standard InChI is InChI=1S/C32H32ClNO4/c1-37-27-14-15-28(29(33)21-27)32(23-3-2-4-23)31(24-8-5-22(6-9-24)7-16-30(35)36)25-10-12-26(13-11-25)34-17-19-38-20-18-34/h5-16,21,23H,2-4,17-20H2,1H3,(H,35,36). The first kappa shape index (κ1) is 26.1. The maximum absolute atomic E-state index is 11.0. The molecule has 3 aromatic carbocycles. The van der Waals surface area contributed by atoms with Crippen LogP contribution in [-0.4, -0.2) is 44.5 Å². The Bertz CT molecular complexity index is 1330. The average Bonchev–Trinajstić information content (AvgIpc) is 2.92. The number of rotatable bonds is 8. The van der Waals surface area contributed by atoms with Gasteiger partial charge in [0.05, 0.1) is 25.3 Å². The topological polar surface area (TPSA) is 59.0 Å². The van der Waals surface area contributed by atoms with Gasteiger partial charge in [0.25, 0.3) is 0 Å². The zero-order valence-corrected chi connectivity index (χ0v) is 22.3. The number of methoxy groups -OCH3 is 1. The van der Waals surface area contributed by atoms with E-state index in [1.807, 2.05) is 24.3 Å². The number of aliphatic carboxylic acids is 1. The lowest BCUT2D eigenvalue weighted by atomic mass is 9.73. The first-order valence-corrected chi connectivity index (χ1v) is 13.4. The van der Waals surface area contributed by atoms with Crippen molar-refractivity contribution in [2.24, 2.45) is 5.92 Å². The molecular weight excluding hydrogens is 498 g/mol. The second-order valence-electron chi connectivity index (χ2n) is 9.70. The Labute approximate surface area is 229 Å². The van der Waals surface area contributed by atoms with Crippen molar-refractivity contribution in [3.63, 3.8) is 0 Å². The lowest BCUT2D eigenvalue weighted by Crippen LogP contribution is -2.36. The number of ether oxygens (including phenoxy) is 2. The summed E-state index contributed by atoms with van der Waals surface area (Å²) < 4.78 is 10.9. The number of carboxylic acid groups (broad SMARTS) is 1. The first-order valence-electron chi connectivity index (χ1n) is 13.1. The van der Waals surface area contributed by atoms with E-state index < -0.39 is 5.97 Å². The van der Waals surface area contributed by atoms with Crippen molar-refractivity contribution >= 4 is 40.5 Å². The summed E-state index contributed by atoms with van der Waals surface area (Å²) in [5, 5.41) is 9.69. The quantitative estimate of drug-likeness (QED) is 0.250. The minimum Gasteiger partial charge on any atom is -0.497 e. The van der Waals surface area contributed by atoms with E-state index in [2.05, 4.69) is 47.4 Å². The van der Waals surface area contributed by atoms with Crippen molar-refractivity contribution in [2.75, 3.05) is 38.3 Å². The van der Waals surface area contributed by atoms with Crippen molar-refractivity contribution < 1.29 is 19.4 Å². The predicted octanol–water partition coefficient (Wildman–Crippen LogP) is 7.04. The van der Waals surface area contributed by atoms with Crippen LogP contribution in [0, 0.1) is 5.92 Å². The Morgan fingerprint density at radius 1 is 1.00 bits per heavy atom. The molecule has 0 atom stereocenters. The molecule has 0 aromatic heterocycles. The molecule has 5 rings (SSSR count). The molecule has 0 unspecified atom stereocenters. The SMILES string of the molecule is COc1ccc(C(=C(c2ccc(C=CC(=O)O)cc2)c2ccc(N3CCOCC3)cc2)C2CCC2)c(Cl)c1. The zero-order valence-electron chi connectivity index (χ0n) is 21.5. The van der Waals surface area contributed by atoms with Crippen LogP contribution in [0.15, 0.2) is 72.8 Å². The summed E-state index contributed by atoms with van der Waals surface area (Å²) in [6.07, 6.45) is 6.20. The fourth-order valence-corrected chi connectivity index (χ4v) is 5.44. The Balaban J connectivity index is 1.64. The van der Waals surface area contributed by atoms with Gasteiger partial charge in [-0.25, -0.2) is 4.79 Å². The van der Waals surface area contributed by atoms with Crippen LogP contribution in [0.5, 0.6) is 5.75 Å². The molecule has 5 nitrogen and oxygen atoms in total. The Kier molecular flexibility index (Phi) is 8.16. The third-order valence-corrected chi connectivity index (χ3v) is 7.71. The number of hydrogen-bond acceptors (Lipinski definition) is 4. The summed E-state index contributed by atoms with van der Waals surface area (Å²) in [4.78, 5) is 13.3. The van der Waals surface area contributed by atoms with E-state index >= 15 is 0 Å². The number of benzene rings is 3. The zero-order chi connectivity index (χ0) is 26.5. The molecule has 0 spiro atoms. The minimum absolute atomic E-state index is 0.404. The highest BCUT2D eigenvalue weighted by Crippen LogP contribution is 2.47. The molecule has 0 bridgehead atoms. The highest BCUT2D eigenvalue weighted by molar-refractivity contribution is 6.33. The smallest absolute Gasteiger partial charge is 0.328 e. The Morgan fingerprint density at radius 2 is 1.66 bits per heavy atom. The minimum atomic E-state index is -0.962. The molecule has 1 aliphatic heterocycles. The molecule has 1 saturated heterocycles. The number of allylic oxidation sites excluding steroid dienone is 1. The average molecular weight is 530 g/mol. The van der Waals surface area contributed by atoms with E-state index in [1.54, 1.807) is 13.2 Å². The van der Waals surface area contributed by atoms with Gasteiger partial charge in [-0.3, -0.25) is 0 Å². The molecule has 1 heterocycles. The fourth-order valence-electron chi connectivity index (χ4n) is 5.16. The molecule has 2 aliphatic rings. The molecule has 38 heavy (non-hydrogen) atoms. The summed E-state index contributed by atoms with van der Waals surface area (Å²) in [6.45, 7) is 3.28. The van der Waals surface area contributed by atoms with Crippen molar-refractivity contribution in [1.82, 2.24) is 0 Å². The number of carbonyl (C=O) groups is 1. The summed E-state index contributed by atoms with van der Waals surface area (Å²) in [5.41, 5.74) is 7.67. The third-order valence-electron chi connectivity index (χ3n) is 7.40. The Hall–Kier alpha value is -3.54. The predicted molar refractivity (Wildman–Crippen MR) is 154 cm³/mol. The normalized spacial score (nSPS) is 16.7. The summed E-state index contributed by atoms with van der Waals surface area (Å²) >= 11 is 6.87. The maximum atomic E-state index is 11.0. The Morgan fingerprint density at radius 3 is 2.21 bits per heavy atom. The number of halogens is 1. The second-order valence-corrected chi connectivity index (χ2v) is 10.1. The summed E-state index contributed by atoms with van der Waals surface area (Å²) in [6, 6.07) is 22.8. The van der Waals surface area contributed by atoms with E-state index in [-0.39, 0.29) is 0 Å². The highest BCUT2D eigenvalue weighted by atomic mass is 35.5. The van der Waals surface area contributed by atoms with Gasteiger partial charge in [0, 0.05) is 24.9 Å². The van der Waals surface area contributed by atoms with E-state index in [4.69, 9.17) is 26.2 Å². The molecule has 0 amide bonds. The summed E-state index contributed by atoms with van der Waals surface area (Å²) in [7, 11) is 1.65. The molecule has 2 fully saturated rings. The van der Waals surface area contributed by atoms with Gasteiger partial charge >= 0.3 is 5.97 Å². The van der Waals surface area contributed by atoms with Gasteiger partial charge in [0.15, 0.2) is 0 Å². The van der Waals surface area contributed by atoms with Crippen molar-refractivity contribution in [3.8, 4) is 5.75 Å². The number of morpholine rings is 1. The largest absolute Gasteiger partial charge is 0.497 e. The van der Waals surface area contributed by atoms with Crippen LogP contribution in [0.25, 0.3) is 17.2 Å². The molecule has 0 radical (unpaired) electrons. The van der Waals surface area contributed by atoms with E-state index in [9.17, 15) is 4.79 Å². The first-order chi connectivity index (χ1) is 18.5. The van der Waals surface area contributed by atoms with E-state index in [0.717, 1.165) is 78.8 Å². The van der Waals surface area contributed by atoms with Crippen molar-refractivity contribution in [3.05, 3.63) is 100 Å². The third kappa shape index (κ3) is 5.79. The van der Waals surface area contributed by atoms with Crippen LogP contribution in [0.1, 0.15) is 41.5 Å².